The van der Waals surface area contributed by atoms with E-state index in [2.05, 4.69) is 4.98 Å². The van der Waals surface area contributed by atoms with Crippen LogP contribution in [-0.2, 0) is 4.74 Å². The lowest BCUT2D eigenvalue weighted by Gasteiger charge is -2.25. The summed E-state index contributed by atoms with van der Waals surface area (Å²) < 4.78 is 12.4. The fraction of sp³-hybridized carbons (Fsp3) is 0.286. The molecule has 6 nitrogen and oxygen atoms in total. The van der Waals surface area contributed by atoms with Gasteiger partial charge in [0.05, 0.1) is 19.5 Å². The normalized spacial score (nSPS) is 15.1. The molecule has 0 N–H and O–H groups in total. The molecule has 0 aliphatic carbocycles. The number of benzene rings is 1. The third-order valence-electron chi connectivity index (χ3n) is 3.11. The van der Waals surface area contributed by atoms with Crippen LogP contribution in [0.2, 0.25) is 0 Å². The van der Waals surface area contributed by atoms with E-state index in [-0.39, 0.29) is 6.09 Å². The number of aromatic nitrogens is 2. The summed E-state index contributed by atoms with van der Waals surface area (Å²) in [5, 5.41) is 0. The fourth-order valence-corrected chi connectivity index (χ4v) is 2.01. The van der Waals surface area contributed by atoms with Crippen LogP contribution in [0.15, 0.2) is 43.0 Å². The molecule has 2 aromatic rings. The molecule has 1 saturated heterocycles. The predicted molar refractivity (Wildman–Crippen MR) is 72.0 cm³/mol. The molecular formula is C14H15N3O3. The summed E-state index contributed by atoms with van der Waals surface area (Å²) in [6.45, 7) is 2.28. The van der Waals surface area contributed by atoms with E-state index in [9.17, 15) is 4.79 Å². The average Bonchev–Trinajstić information content (AvgIpc) is 3.03. The topological polar surface area (TPSA) is 56.6 Å². The van der Waals surface area contributed by atoms with Crippen LogP contribution in [0.4, 0.5) is 4.79 Å². The number of amides is 1. The van der Waals surface area contributed by atoms with E-state index in [4.69, 9.17) is 9.47 Å². The number of hydrogen-bond acceptors (Lipinski definition) is 4. The van der Waals surface area contributed by atoms with Gasteiger partial charge in [0.1, 0.15) is 5.75 Å². The number of hydrogen-bond donors (Lipinski definition) is 0. The minimum atomic E-state index is -0.330. The number of nitrogens with zero attached hydrogens (tertiary/aromatic N) is 3. The highest BCUT2D eigenvalue weighted by atomic mass is 16.6. The lowest BCUT2D eigenvalue weighted by molar-refractivity contribution is 0.0416. The monoisotopic (exact) mass is 273 g/mol. The molecule has 0 bridgehead atoms. The third kappa shape index (κ3) is 2.80. The predicted octanol–water partition coefficient (Wildman–Crippen LogP) is 1.70. The summed E-state index contributed by atoms with van der Waals surface area (Å²) in [5.74, 6) is 0.533. The van der Waals surface area contributed by atoms with E-state index >= 15 is 0 Å². The van der Waals surface area contributed by atoms with Crippen LogP contribution < -0.4 is 4.74 Å². The highest BCUT2D eigenvalue weighted by Crippen LogP contribution is 2.16. The average molecular weight is 273 g/mol. The van der Waals surface area contributed by atoms with Crippen molar-refractivity contribution in [2.45, 2.75) is 0 Å². The fourth-order valence-electron chi connectivity index (χ4n) is 2.01. The molecule has 6 heteroatoms. The molecule has 0 radical (unpaired) electrons. The molecule has 104 valence electrons. The van der Waals surface area contributed by atoms with Gasteiger partial charge < -0.3 is 18.9 Å². The Morgan fingerprint density at radius 2 is 1.95 bits per heavy atom. The van der Waals surface area contributed by atoms with Crippen LogP contribution in [0.5, 0.6) is 5.75 Å². The number of rotatable bonds is 2. The van der Waals surface area contributed by atoms with E-state index in [0.717, 1.165) is 5.69 Å². The molecule has 2 heterocycles. The summed E-state index contributed by atoms with van der Waals surface area (Å²) in [6.07, 6.45) is 4.96. The van der Waals surface area contributed by atoms with Gasteiger partial charge in [-0.3, -0.25) is 0 Å². The maximum Gasteiger partial charge on any atom is 0.415 e. The molecule has 1 fully saturated rings. The molecule has 1 aromatic carbocycles. The summed E-state index contributed by atoms with van der Waals surface area (Å²) >= 11 is 0. The second kappa shape index (κ2) is 5.75. The standard InChI is InChI=1S/C14H15N3O3/c18-14(16-7-9-19-10-8-16)20-13-3-1-12(2-4-13)17-6-5-15-11-17/h1-6,11H,7-10H2. The van der Waals surface area contributed by atoms with Crippen molar-refractivity contribution in [3.63, 3.8) is 0 Å². The van der Waals surface area contributed by atoms with Crippen molar-refractivity contribution in [1.82, 2.24) is 14.5 Å². The van der Waals surface area contributed by atoms with Crippen molar-refractivity contribution in [3.8, 4) is 11.4 Å². The minimum absolute atomic E-state index is 0.330. The van der Waals surface area contributed by atoms with Crippen LogP contribution in [0.3, 0.4) is 0 Å². The number of morpholine rings is 1. The molecule has 0 unspecified atom stereocenters. The second-order valence-electron chi connectivity index (χ2n) is 4.43. The van der Waals surface area contributed by atoms with Gasteiger partial charge in [0.15, 0.2) is 0 Å². The molecular weight excluding hydrogens is 258 g/mol. The molecule has 0 atom stereocenters. The van der Waals surface area contributed by atoms with E-state index < -0.39 is 0 Å². The van der Waals surface area contributed by atoms with Crippen molar-refractivity contribution in [2.24, 2.45) is 0 Å². The lowest BCUT2D eigenvalue weighted by Crippen LogP contribution is -2.42. The third-order valence-corrected chi connectivity index (χ3v) is 3.11. The van der Waals surface area contributed by atoms with Gasteiger partial charge in [-0.1, -0.05) is 0 Å². The summed E-state index contributed by atoms with van der Waals surface area (Å²) in [7, 11) is 0. The second-order valence-corrected chi connectivity index (χ2v) is 4.43. The van der Waals surface area contributed by atoms with Gasteiger partial charge in [-0.05, 0) is 24.3 Å². The summed E-state index contributed by atoms with van der Waals surface area (Å²) in [5.41, 5.74) is 0.966. The van der Waals surface area contributed by atoms with Gasteiger partial charge in [-0.2, -0.15) is 0 Å². The van der Waals surface area contributed by atoms with Crippen LogP contribution in [0.25, 0.3) is 5.69 Å². The Kier molecular flexibility index (Phi) is 3.64. The molecule has 20 heavy (non-hydrogen) atoms. The van der Waals surface area contributed by atoms with Gasteiger partial charge in [-0.25, -0.2) is 9.78 Å². The van der Waals surface area contributed by atoms with Crippen molar-refractivity contribution >= 4 is 6.09 Å². The zero-order chi connectivity index (χ0) is 13.8. The smallest absolute Gasteiger partial charge is 0.410 e. The Morgan fingerprint density at radius 1 is 1.20 bits per heavy atom. The van der Waals surface area contributed by atoms with Gasteiger partial charge in [0, 0.05) is 31.2 Å². The van der Waals surface area contributed by atoms with Gasteiger partial charge in [0.2, 0.25) is 0 Å². The molecule has 1 aromatic heterocycles. The number of ether oxygens (including phenoxy) is 2. The molecule has 0 saturated carbocycles. The van der Waals surface area contributed by atoms with Crippen LogP contribution >= 0.6 is 0 Å². The quantitative estimate of drug-likeness (QED) is 0.835. The van der Waals surface area contributed by atoms with Gasteiger partial charge in [-0.15, -0.1) is 0 Å². The Hall–Kier alpha value is -2.34. The highest BCUT2D eigenvalue weighted by molar-refractivity contribution is 5.70. The zero-order valence-corrected chi connectivity index (χ0v) is 10.9. The van der Waals surface area contributed by atoms with E-state index in [0.29, 0.717) is 32.1 Å². The zero-order valence-electron chi connectivity index (χ0n) is 10.9. The van der Waals surface area contributed by atoms with Crippen LogP contribution in [-0.4, -0.2) is 46.8 Å². The number of carbonyl (C=O) groups is 1. The van der Waals surface area contributed by atoms with Crippen molar-refractivity contribution < 1.29 is 14.3 Å². The number of carbonyl (C=O) groups excluding carboxylic acids is 1. The first-order valence-corrected chi connectivity index (χ1v) is 6.46. The largest absolute Gasteiger partial charge is 0.415 e. The van der Waals surface area contributed by atoms with Crippen molar-refractivity contribution in [3.05, 3.63) is 43.0 Å². The van der Waals surface area contributed by atoms with E-state index in [1.807, 2.05) is 22.9 Å². The summed E-state index contributed by atoms with van der Waals surface area (Å²) in [4.78, 5) is 17.5. The van der Waals surface area contributed by atoms with Gasteiger partial charge in [0.25, 0.3) is 0 Å². The van der Waals surface area contributed by atoms with Crippen LogP contribution in [0.1, 0.15) is 0 Å². The Balaban J connectivity index is 1.64. The molecule has 0 spiro atoms. The van der Waals surface area contributed by atoms with E-state index in [1.165, 1.54) is 0 Å². The van der Waals surface area contributed by atoms with E-state index in [1.54, 1.807) is 29.6 Å². The molecule has 3 rings (SSSR count). The minimum Gasteiger partial charge on any atom is -0.410 e. The number of imidazole rings is 1. The van der Waals surface area contributed by atoms with Crippen molar-refractivity contribution in [2.75, 3.05) is 26.3 Å². The summed E-state index contributed by atoms with van der Waals surface area (Å²) in [6, 6.07) is 7.30. The Bertz CT molecular complexity index is 560. The van der Waals surface area contributed by atoms with Gasteiger partial charge >= 0.3 is 6.09 Å². The first kappa shape index (κ1) is 12.7. The molecule has 1 aliphatic heterocycles. The SMILES string of the molecule is O=C(Oc1ccc(-n2ccnc2)cc1)N1CCOCC1. The first-order valence-electron chi connectivity index (χ1n) is 6.46. The Labute approximate surface area is 116 Å². The highest BCUT2D eigenvalue weighted by Gasteiger charge is 2.18. The molecule has 1 amide bonds. The maximum atomic E-state index is 11.9. The van der Waals surface area contributed by atoms with Crippen molar-refractivity contribution in [1.29, 1.82) is 0 Å². The molecule has 1 aliphatic rings. The maximum absolute atomic E-state index is 11.9. The van der Waals surface area contributed by atoms with Crippen LogP contribution in [0, 0.1) is 0 Å². The first-order chi connectivity index (χ1) is 9.83. The lowest BCUT2D eigenvalue weighted by atomic mass is 10.3. The Morgan fingerprint density at radius 3 is 2.60 bits per heavy atom.